The van der Waals surface area contributed by atoms with Gasteiger partial charge in [0.2, 0.25) is 0 Å². The summed E-state index contributed by atoms with van der Waals surface area (Å²) in [5, 5.41) is 0. The van der Waals surface area contributed by atoms with Crippen molar-refractivity contribution >= 4 is 11.8 Å². The molecule has 0 heterocycles. The summed E-state index contributed by atoms with van der Waals surface area (Å²) in [5.41, 5.74) is 7.34. The summed E-state index contributed by atoms with van der Waals surface area (Å²) >= 11 is 2.00. The maximum atomic E-state index is 5.96. The first-order valence-corrected chi connectivity index (χ1v) is 6.95. The monoisotopic (exact) mass is 235 g/mol. The third kappa shape index (κ3) is 2.28. The molecule has 88 valence electrons. The van der Waals surface area contributed by atoms with Gasteiger partial charge in [-0.2, -0.15) is 0 Å². The highest BCUT2D eigenvalue weighted by molar-refractivity contribution is 8.00. The molecule has 1 fully saturated rings. The van der Waals surface area contributed by atoms with Crippen LogP contribution in [0.25, 0.3) is 0 Å². The molecule has 0 amide bonds. The van der Waals surface area contributed by atoms with Crippen molar-refractivity contribution in [3.8, 4) is 0 Å². The SMILES string of the molecule is CCC1CC(CN)(Sc2ccccc2C)C1. The van der Waals surface area contributed by atoms with Crippen LogP contribution >= 0.6 is 11.8 Å². The predicted octanol–water partition coefficient (Wildman–Crippen LogP) is 3.60. The number of hydrogen-bond donors (Lipinski definition) is 1. The maximum absolute atomic E-state index is 5.96. The minimum Gasteiger partial charge on any atom is -0.329 e. The summed E-state index contributed by atoms with van der Waals surface area (Å²) < 4.78 is 0.326. The van der Waals surface area contributed by atoms with Crippen LogP contribution in [0.4, 0.5) is 0 Å². The number of thioether (sulfide) groups is 1. The standard InChI is InChI=1S/C14H21NS/c1-3-12-8-14(9-12,10-15)16-13-7-5-4-6-11(13)2/h4-7,12H,3,8-10,15H2,1-2H3. The maximum Gasteiger partial charge on any atom is 0.0334 e. The average molecular weight is 235 g/mol. The Labute approximate surface area is 103 Å². The Hall–Kier alpha value is -0.470. The smallest absolute Gasteiger partial charge is 0.0334 e. The van der Waals surface area contributed by atoms with Crippen LogP contribution in [0.1, 0.15) is 31.7 Å². The van der Waals surface area contributed by atoms with Gasteiger partial charge in [0.25, 0.3) is 0 Å². The van der Waals surface area contributed by atoms with Gasteiger partial charge in [0, 0.05) is 16.2 Å². The van der Waals surface area contributed by atoms with Crippen LogP contribution in [-0.4, -0.2) is 11.3 Å². The summed E-state index contributed by atoms with van der Waals surface area (Å²) in [4.78, 5) is 1.41. The number of benzene rings is 1. The molecular formula is C14H21NS. The van der Waals surface area contributed by atoms with Gasteiger partial charge >= 0.3 is 0 Å². The summed E-state index contributed by atoms with van der Waals surface area (Å²) in [6.07, 6.45) is 3.88. The van der Waals surface area contributed by atoms with Gasteiger partial charge < -0.3 is 5.73 Å². The van der Waals surface area contributed by atoms with Gasteiger partial charge in [-0.25, -0.2) is 0 Å². The fourth-order valence-electron chi connectivity index (χ4n) is 2.48. The van der Waals surface area contributed by atoms with E-state index >= 15 is 0 Å². The van der Waals surface area contributed by atoms with E-state index in [-0.39, 0.29) is 0 Å². The second kappa shape index (κ2) is 4.80. The predicted molar refractivity (Wildman–Crippen MR) is 71.8 cm³/mol. The molecule has 1 saturated carbocycles. The highest BCUT2D eigenvalue weighted by atomic mass is 32.2. The fourth-order valence-corrected chi connectivity index (χ4v) is 4.04. The van der Waals surface area contributed by atoms with Crippen LogP contribution in [0, 0.1) is 12.8 Å². The molecule has 16 heavy (non-hydrogen) atoms. The summed E-state index contributed by atoms with van der Waals surface area (Å²) in [7, 11) is 0. The molecule has 0 aliphatic heterocycles. The Morgan fingerprint density at radius 3 is 2.62 bits per heavy atom. The van der Waals surface area contributed by atoms with E-state index in [9.17, 15) is 0 Å². The Balaban J connectivity index is 2.06. The van der Waals surface area contributed by atoms with Crippen molar-refractivity contribution in [2.75, 3.05) is 6.54 Å². The van der Waals surface area contributed by atoms with E-state index in [0.29, 0.717) is 4.75 Å². The molecular weight excluding hydrogens is 214 g/mol. The fraction of sp³-hybridized carbons (Fsp3) is 0.571. The first-order valence-electron chi connectivity index (χ1n) is 6.14. The lowest BCUT2D eigenvalue weighted by Gasteiger charge is -2.46. The third-order valence-corrected chi connectivity index (χ3v) is 5.30. The Morgan fingerprint density at radius 1 is 1.38 bits per heavy atom. The normalized spacial score (nSPS) is 28.8. The second-order valence-corrected chi connectivity index (χ2v) is 6.45. The lowest BCUT2D eigenvalue weighted by Crippen LogP contribution is -2.46. The minimum absolute atomic E-state index is 0.326. The molecule has 1 aromatic rings. The Kier molecular flexibility index (Phi) is 3.60. The summed E-state index contributed by atoms with van der Waals surface area (Å²) in [6, 6.07) is 8.62. The van der Waals surface area contributed by atoms with Crippen molar-refractivity contribution in [1.29, 1.82) is 0 Å². The van der Waals surface area contributed by atoms with Crippen LogP contribution in [-0.2, 0) is 0 Å². The highest BCUT2D eigenvalue weighted by Gasteiger charge is 2.43. The lowest BCUT2D eigenvalue weighted by atomic mass is 9.73. The van der Waals surface area contributed by atoms with Gasteiger partial charge in [-0.15, -0.1) is 11.8 Å². The Morgan fingerprint density at radius 2 is 2.06 bits per heavy atom. The van der Waals surface area contributed by atoms with Gasteiger partial charge in [-0.3, -0.25) is 0 Å². The van der Waals surface area contributed by atoms with E-state index in [4.69, 9.17) is 5.73 Å². The van der Waals surface area contributed by atoms with Crippen molar-refractivity contribution in [3.63, 3.8) is 0 Å². The molecule has 0 atom stereocenters. The van der Waals surface area contributed by atoms with E-state index < -0.39 is 0 Å². The molecule has 0 radical (unpaired) electrons. The largest absolute Gasteiger partial charge is 0.329 e. The third-order valence-electron chi connectivity index (χ3n) is 3.69. The number of nitrogens with two attached hydrogens (primary N) is 1. The molecule has 1 aromatic carbocycles. The van der Waals surface area contributed by atoms with E-state index in [1.165, 1.54) is 29.7 Å². The zero-order valence-electron chi connectivity index (χ0n) is 10.2. The molecule has 1 nitrogen and oxygen atoms in total. The number of hydrogen-bond acceptors (Lipinski definition) is 2. The Bertz CT molecular complexity index is 356. The zero-order chi connectivity index (χ0) is 11.6. The summed E-state index contributed by atoms with van der Waals surface area (Å²) in [5.74, 6) is 0.903. The molecule has 1 aliphatic rings. The topological polar surface area (TPSA) is 26.0 Å². The molecule has 0 aromatic heterocycles. The summed E-state index contributed by atoms with van der Waals surface area (Å²) in [6.45, 7) is 5.27. The van der Waals surface area contributed by atoms with E-state index in [1.54, 1.807) is 0 Å². The van der Waals surface area contributed by atoms with E-state index in [1.807, 2.05) is 11.8 Å². The first-order chi connectivity index (χ1) is 7.69. The molecule has 2 heteroatoms. The van der Waals surface area contributed by atoms with Gasteiger partial charge in [-0.05, 0) is 37.3 Å². The molecule has 0 unspecified atom stereocenters. The van der Waals surface area contributed by atoms with Crippen LogP contribution in [0.3, 0.4) is 0 Å². The van der Waals surface area contributed by atoms with Crippen LogP contribution < -0.4 is 5.73 Å². The van der Waals surface area contributed by atoms with Crippen molar-refractivity contribution < 1.29 is 0 Å². The quantitative estimate of drug-likeness (QED) is 0.863. The van der Waals surface area contributed by atoms with Crippen LogP contribution in [0.5, 0.6) is 0 Å². The minimum atomic E-state index is 0.326. The molecule has 0 spiro atoms. The molecule has 2 N–H and O–H groups in total. The first kappa shape index (κ1) is 12.0. The van der Waals surface area contributed by atoms with Gasteiger partial charge in [-0.1, -0.05) is 31.5 Å². The highest BCUT2D eigenvalue weighted by Crippen LogP contribution is 2.51. The van der Waals surface area contributed by atoms with Gasteiger partial charge in [0.1, 0.15) is 0 Å². The molecule has 1 aliphatic carbocycles. The average Bonchev–Trinajstić information content (AvgIpc) is 2.25. The molecule has 0 bridgehead atoms. The van der Waals surface area contributed by atoms with Crippen molar-refractivity contribution in [1.82, 2.24) is 0 Å². The van der Waals surface area contributed by atoms with Gasteiger partial charge in [0.15, 0.2) is 0 Å². The van der Waals surface area contributed by atoms with E-state index in [0.717, 1.165) is 12.5 Å². The van der Waals surface area contributed by atoms with Crippen molar-refractivity contribution in [2.24, 2.45) is 11.7 Å². The number of rotatable bonds is 4. The van der Waals surface area contributed by atoms with Gasteiger partial charge in [0.05, 0.1) is 0 Å². The zero-order valence-corrected chi connectivity index (χ0v) is 11.0. The lowest BCUT2D eigenvalue weighted by molar-refractivity contribution is 0.229. The van der Waals surface area contributed by atoms with Crippen molar-refractivity contribution in [2.45, 2.75) is 42.8 Å². The molecule has 0 saturated heterocycles. The van der Waals surface area contributed by atoms with Crippen LogP contribution in [0.2, 0.25) is 0 Å². The number of aryl methyl sites for hydroxylation is 1. The van der Waals surface area contributed by atoms with Crippen molar-refractivity contribution in [3.05, 3.63) is 29.8 Å². The van der Waals surface area contributed by atoms with Crippen LogP contribution in [0.15, 0.2) is 29.2 Å². The second-order valence-electron chi connectivity index (χ2n) is 4.94. The van der Waals surface area contributed by atoms with E-state index in [2.05, 4.69) is 38.1 Å². The molecule has 2 rings (SSSR count).